The number of hydrogen-bond acceptors (Lipinski definition) is 8. The molecule has 0 aromatic rings. The molecular weight excluding hydrogens is 262 g/mol. The van der Waals surface area contributed by atoms with E-state index in [1.165, 1.54) is 0 Å². The number of carbonyl (C=O) groups excluding carboxylic acids is 2. The smallest absolute Gasteiger partial charge is 0.759 e. The summed E-state index contributed by atoms with van der Waals surface area (Å²) in [5.74, 6) is 0. The van der Waals surface area contributed by atoms with Gasteiger partial charge >= 0.3 is 116 Å². The first-order valence-electron chi connectivity index (χ1n) is 1.78. The van der Waals surface area contributed by atoms with Crippen molar-refractivity contribution in [1.82, 2.24) is 0 Å². The molecule has 11 heteroatoms. The Labute approximate surface area is 159 Å². The van der Waals surface area contributed by atoms with Crippen molar-refractivity contribution in [3.8, 4) is 0 Å². The van der Waals surface area contributed by atoms with Crippen LogP contribution >= 0.6 is 0 Å². The Bertz CT molecular complexity index is 182. The second-order valence-electron chi connectivity index (χ2n) is 0.793. The fourth-order valence-electron chi connectivity index (χ4n) is 0.0454. The van der Waals surface area contributed by atoms with Crippen LogP contribution < -0.4 is 103 Å². The van der Waals surface area contributed by atoms with Gasteiger partial charge in [-0.25, -0.2) is 0 Å². The fourth-order valence-corrected chi connectivity index (χ4v) is 0.0454. The van der Waals surface area contributed by atoms with Crippen LogP contribution in [0.2, 0.25) is 0 Å². The van der Waals surface area contributed by atoms with Gasteiger partial charge in [-0.05, 0) is 0 Å². The van der Waals surface area contributed by atoms with Gasteiger partial charge < -0.3 is 9.11 Å². The summed E-state index contributed by atoms with van der Waals surface area (Å²) in [7, 11) is -5.17. The molecule has 0 aliphatic heterocycles. The molecule has 0 aliphatic rings. The standard InChI is InChI=1S/C2H2O4.2K.H2O4S/c3-1-5-6-2-4;;;1-5(2,3)4/h1-2H;;;(H2,1,2,3,4)/q;2*+1;/p-2. The molecular formula is C2H2K2O8S. The van der Waals surface area contributed by atoms with Gasteiger partial charge in [0.05, 0.1) is 0 Å². The molecule has 0 bridgehead atoms. The summed E-state index contributed by atoms with van der Waals surface area (Å²) < 4.78 is 34.1. The van der Waals surface area contributed by atoms with Gasteiger partial charge in [0.1, 0.15) is 0 Å². The van der Waals surface area contributed by atoms with Crippen LogP contribution in [0.4, 0.5) is 0 Å². The molecule has 0 heterocycles. The monoisotopic (exact) mass is 264 g/mol. The van der Waals surface area contributed by atoms with Crippen LogP contribution in [0.5, 0.6) is 0 Å². The van der Waals surface area contributed by atoms with Crippen LogP contribution in [-0.4, -0.2) is 30.5 Å². The Morgan fingerprint density at radius 1 is 0.923 bits per heavy atom. The third kappa shape index (κ3) is 79.6. The van der Waals surface area contributed by atoms with Crippen molar-refractivity contribution < 1.29 is 140 Å². The summed E-state index contributed by atoms with van der Waals surface area (Å²) in [4.78, 5) is 25.0. The van der Waals surface area contributed by atoms with Crippen LogP contribution in [0, 0.1) is 0 Å². The van der Waals surface area contributed by atoms with E-state index >= 15 is 0 Å². The zero-order valence-corrected chi connectivity index (χ0v) is 13.9. The minimum absolute atomic E-state index is 0. The average Bonchev–Trinajstić information content (AvgIpc) is 1.79. The van der Waals surface area contributed by atoms with Crippen molar-refractivity contribution >= 4 is 23.3 Å². The second-order valence-corrected chi connectivity index (χ2v) is 1.61. The predicted molar refractivity (Wildman–Crippen MR) is 24.8 cm³/mol. The fraction of sp³-hybridized carbons (Fsp3) is 0. The molecule has 0 spiro atoms. The van der Waals surface area contributed by atoms with Crippen LogP contribution in [0.1, 0.15) is 0 Å². The van der Waals surface area contributed by atoms with E-state index in [9.17, 15) is 0 Å². The molecule has 0 N–H and O–H groups in total. The van der Waals surface area contributed by atoms with Gasteiger partial charge in [0, 0.05) is 10.4 Å². The van der Waals surface area contributed by atoms with Crippen molar-refractivity contribution in [1.29, 1.82) is 0 Å². The quantitative estimate of drug-likeness (QED) is 0.0933. The zero-order valence-electron chi connectivity index (χ0n) is 6.83. The first-order chi connectivity index (χ1) is 4.91. The zero-order chi connectivity index (χ0) is 9.33. The molecule has 66 valence electrons. The van der Waals surface area contributed by atoms with Gasteiger partial charge in [-0.2, -0.15) is 0 Å². The molecule has 13 heavy (non-hydrogen) atoms. The van der Waals surface area contributed by atoms with Gasteiger partial charge in [-0.1, -0.05) is 0 Å². The van der Waals surface area contributed by atoms with E-state index in [2.05, 4.69) is 9.78 Å². The first-order valence-corrected chi connectivity index (χ1v) is 3.11. The van der Waals surface area contributed by atoms with Crippen LogP contribution in [-0.2, 0) is 29.8 Å². The average molecular weight is 264 g/mol. The molecule has 0 saturated heterocycles. The molecule has 8 nitrogen and oxygen atoms in total. The first kappa shape index (κ1) is 24.4. The summed E-state index contributed by atoms with van der Waals surface area (Å²) in [5.41, 5.74) is 0. The van der Waals surface area contributed by atoms with Crippen molar-refractivity contribution in [2.24, 2.45) is 0 Å². The predicted octanol–water partition coefficient (Wildman–Crippen LogP) is -8.08. The van der Waals surface area contributed by atoms with E-state index < -0.39 is 10.4 Å². The summed E-state index contributed by atoms with van der Waals surface area (Å²) in [6.07, 6.45) is 0. The minimum Gasteiger partial charge on any atom is -0.759 e. The van der Waals surface area contributed by atoms with Crippen LogP contribution in [0.15, 0.2) is 0 Å². The molecule has 0 rings (SSSR count). The Hall–Kier alpha value is 2.08. The molecule has 0 atom stereocenters. The molecule has 0 aromatic heterocycles. The van der Waals surface area contributed by atoms with E-state index in [0.29, 0.717) is 0 Å². The van der Waals surface area contributed by atoms with Gasteiger partial charge in [-0.15, -0.1) is 0 Å². The summed E-state index contributed by atoms with van der Waals surface area (Å²) in [6, 6.07) is 0. The largest absolute Gasteiger partial charge is 1.00 e. The summed E-state index contributed by atoms with van der Waals surface area (Å²) in [6.45, 7) is 0.0167. The maximum absolute atomic E-state index is 9.06. The third-order valence-electron chi connectivity index (χ3n) is 0.134. The third-order valence-corrected chi connectivity index (χ3v) is 0.134. The molecule has 0 fully saturated rings. The number of carbonyl (C=O) groups is 2. The van der Waals surface area contributed by atoms with Gasteiger partial charge in [0.2, 0.25) is 0 Å². The molecule has 0 amide bonds. The summed E-state index contributed by atoms with van der Waals surface area (Å²) in [5, 5.41) is 0. The van der Waals surface area contributed by atoms with Crippen LogP contribution in [0.3, 0.4) is 0 Å². The van der Waals surface area contributed by atoms with Crippen molar-refractivity contribution in [2.75, 3.05) is 0 Å². The van der Waals surface area contributed by atoms with E-state index in [4.69, 9.17) is 27.1 Å². The van der Waals surface area contributed by atoms with Crippen molar-refractivity contribution in [2.45, 2.75) is 0 Å². The van der Waals surface area contributed by atoms with Gasteiger partial charge in [0.25, 0.3) is 0 Å². The number of hydrogen-bond donors (Lipinski definition) is 0. The SMILES string of the molecule is O=COOC=O.O=S(=O)([O-])[O-].[K+].[K+]. The van der Waals surface area contributed by atoms with E-state index in [-0.39, 0.29) is 116 Å². The Morgan fingerprint density at radius 3 is 1.15 bits per heavy atom. The molecule has 0 radical (unpaired) electrons. The van der Waals surface area contributed by atoms with E-state index in [1.54, 1.807) is 0 Å². The molecule has 0 aliphatic carbocycles. The van der Waals surface area contributed by atoms with Crippen molar-refractivity contribution in [3.05, 3.63) is 0 Å². The Kier molecular flexibility index (Phi) is 30.9. The van der Waals surface area contributed by atoms with E-state index in [0.717, 1.165) is 0 Å². The molecule has 0 aromatic carbocycles. The van der Waals surface area contributed by atoms with E-state index in [1.807, 2.05) is 0 Å². The molecule has 0 unspecified atom stereocenters. The van der Waals surface area contributed by atoms with Gasteiger partial charge in [0.15, 0.2) is 0 Å². The number of rotatable bonds is 3. The maximum Gasteiger partial charge on any atom is 1.00 e. The summed E-state index contributed by atoms with van der Waals surface area (Å²) >= 11 is 0. The topological polar surface area (TPSA) is 133 Å². The second kappa shape index (κ2) is 16.5. The minimum atomic E-state index is -5.17. The maximum atomic E-state index is 9.06. The van der Waals surface area contributed by atoms with Crippen LogP contribution in [0.25, 0.3) is 0 Å². The van der Waals surface area contributed by atoms with Gasteiger partial charge in [-0.3, -0.25) is 27.8 Å². The Morgan fingerprint density at radius 2 is 1.08 bits per heavy atom. The Balaban J connectivity index is -0.0000000546. The van der Waals surface area contributed by atoms with Crippen molar-refractivity contribution in [3.63, 3.8) is 0 Å². The normalized spacial score (nSPS) is 7.23. The molecule has 0 saturated carbocycles.